The van der Waals surface area contributed by atoms with Crippen LogP contribution in [-0.2, 0) is 6.18 Å². The highest BCUT2D eigenvalue weighted by molar-refractivity contribution is 5.86. The van der Waals surface area contributed by atoms with Gasteiger partial charge in [0, 0.05) is 28.2 Å². The van der Waals surface area contributed by atoms with Crippen molar-refractivity contribution in [2.24, 2.45) is 0 Å². The number of methoxy groups -OCH3 is 2. The summed E-state index contributed by atoms with van der Waals surface area (Å²) in [5.74, 6) is 1.21. The zero-order chi connectivity index (χ0) is 16.6. The first-order valence-corrected chi connectivity index (χ1v) is 6.84. The summed E-state index contributed by atoms with van der Waals surface area (Å²) in [7, 11) is 3.08. The molecule has 120 valence electrons. The van der Waals surface area contributed by atoms with Gasteiger partial charge in [0.15, 0.2) is 0 Å². The van der Waals surface area contributed by atoms with Crippen molar-refractivity contribution in [2.75, 3.05) is 14.2 Å². The minimum Gasteiger partial charge on any atom is -0.497 e. The lowest BCUT2D eigenvalue weighted by Gasteiger charge is -2.07. The first kappa shape index (κ1) is 15.3. The fourth-order valence-corrected chi connectivity index (χ4v) is 2.42. The second-order valence-electron chi connectivity index (χ2n) is 5.08. The van der Waals surface area contributed by atoms with Crippen molar-refractivity contribution in [2.45, 2.75) is 6.18 Å². The lowest BCUT2D eigenvalue weighted by Crippen LogP contribution is -2.03. The number of aromatic nitrogens is 1. The number of rotatable bonds is 3. The zero-order valence-electron chi connectivity index (χ0n) is 12.5. The molecule has 0 radical (unpaired) electrons. The molecule has 23 heavy (non-hydrogen) atoms. The molecule has 0 fully saturated rings. The minimum absolute atomic E-state index is 0.427. The second kappa shape index (κ2) is 5.53. The van der Waals surface area contributed by atoms with E-state index >= 15 is 0 Å². The van der Waals surface area contributed by atoms with Gasteiger partial charge in [0.2, 0.25) is 0 Å². The van der Waals surface area contributed by atoms with Gasteiger partial charge in [0.05, 0.1) is 19.8 Å². The molecule has 6 heteroatoms. The number of benzene rings is 2. The van der Waals surface area contributed by atoms with Crippen LogP contribution in [0.25, 0.3) is 22.2 Å². The molecule has 3 aromatic rings. The van der Waals surface area contributed by atoms with Gasteiger partial charge in [0.25, 0.3) is 0 Å². The molecule has 3 rings (SSSR count). The average molecular weight is 321 g/mol. The Kier molecular flexibility index (Phi) is 3.67. The minimum atomic E-state index is -4.36. The molecule has 0 aliphatic carbocycles. The van der Waals surface area contributed by atoms with Crippen molar-refractivity contribution in [1.82, 2.24) is 4.98 Å². The Hall–Kier alpha value is -2.63. The SMILES string of the molecule is COc1cc(OC)cc(-c2cc3ccc(C(F)(F)F)cc3[nH]2)c1. The molecule has 0 spiro atoms. The van der Waals surface area contributed by atoms with Crippen LogP contribution in [0.1, 0.15) is 5.56 Å². The maximum Gasteiger partial charge on any atom is 0.416 e. The van der Waals surface area contributed by atoms with Crippen molar-refractivity contribution in [3.05, 3.63) is 48.0 Å². The van der Waals surface area contributed by atoms with Gasteiger partial charge in [-0.05, 0) is 30.3 Å². The standard InChI is InChI=1S/C17H14F3NO2/c1-22-13-5-11(6-14(9-13)23-2)15-7-10-3-4-12(17(18,19)20)8-16(10)21-15/h3-9,21H,1-2H3. The summed E-state index contributed by atoms with van der Waals surface area (Å²) in [6, 6.07) is 10.7. The van der Waals surface area contributed by atoms with E-state index in [0.717, 1.165) is 17.7 Å². The third-order valence-corrected chi connectivity index (χ3v) is 3.61. The average Bonchev–Trinajstić information content (AvgIpc) is 2.96. The van der Waals surface area contributed by atoms with E-state index in [-0.39, 0.29) is 0 Å². The number of alkyl halides is 3. The number of halogens is 3. The lowest BCUT2D eigenvalue weighted by molar-refractivity contribution is -0.137. The van der Waals surface area contributed by atoms with Crippen molar-refractivity contribution in [1.29, 1.82) is 0 Å². The van der Waals surface area contributed by atoms with Gasteiger partial charge in [-0.15, -0.1) is 0 Å². The van der Waals surface area contributed by atoms with Gasteiger partial charge < -0.3 is 14.5 Å². The predicted molar refractivity (Wildman–Crippen MR) is 81.8 cm³/mol. The fourth-order valence-electron chi connectivity index (χ4n) is 2.42. The predicted octanol–water partition coefficient (Wildman–Crippen LogP) is 4.87. The van der Waals surface area contributed by atoms with Gasteiger partial charge in [-0.2, -0.15) is 13.2 Å². The molecule has 0 aliphatic rings. The Bertz CT molecular complexity index is 830. The first-order valence-electron chi connectivity index (χ1n) is 6.84. The molecule has 0 aliphatic heterocycles. The maximum atomic E-state index is 12.8. The van der Waals surface area contributed by atoms with Crippen molar-refractivity contribution < 1.29 is 22.6 Å². The monoisotopic (exact) mass is 321 g/mol. The Balaban J connectivity index is 2.10. The van der Waals surface area contributed by atoms with Crippen LogP contribution in [0, 0.1) is 0 Å². The molecule has 2 aromatic carbocycles. The summed E-state index contributed by atoms with van der Waals surface area (Å²) in [6.45, 7) is 0. The van der Waals surface area contributed by atoms with Gasteiger partial charge in [-0.3, -0.25) is 0 Å². The van der Waals surface area contributed by atoms with Crippen molar-refractivity contribution >= 4 is 10.9 Å². The fraction of sp³-hybridized carbons (Fsp3) is 0.176. The second-order valence-corrected chi connectivity index (χ2v) is 5.08. The quantitative estimate of drug-likeness (QED) is 0.747. The van der Waals surface area contributed by atoms with Crippen LogP contribution < -0.4 is 9.47 Å². The summed E-state index contributed by atoms with van der Waals surface area (Å²) in [4.78, 5) is 3.02. The van der Waals surface area contributed by atoms with Crippen molar-refractivity contribution in [3.63, 3.8) is 0 Å². The summed E-state index contributed by atoms with van der Waals surface area (Å²) < 4.78 is 48.8. The number of H-pyrrole nitrogens is 1. The summed E-state index contributed by atoms with van der Waals surface area (Å²) in [6.07, 6.45) is -4.36. The van der Waals surface area contributed by atoms with Gasteiger partial charge in [-0.25, -0.2) is 0 Å². The Labute approximate surface area is 130 Å². The number of fused-ring (bicyclic) bond motifs is 1. The molecule has 0 amide bonds. The highest BCUT2D eigenvalue weighted by Crippen LogP contribution is 2.34. The Morgan fingerprint density at radius 1 is 0.870 bits per heavy atom. The van der Waals surface area contributed by atoms with Crippen LogP contribution in [0.2, 0.25) is 0 Å². The molecule has 0 unspecified atom stereocenters. The molecule has 0 bridgehead atoms. The Morgan fingerprint density at radius 3 is 2.09 bits per heavy atom. The highest BCUT2D eigenvalue weighted by Gasteiger charge is 2.30. The third-order valence-electron chi connectivity index (χ3n) is 3.61. The zero-order valence-corrected chi connectivity index (χ0v) is 12.5. The van der Waals surface area contributed by atoms with E-state index in [1.54, 1.807) is 38.5 Å². The van der Waals surface area contributed by atoms with Gasteiger partial charge in [0.1, 0.15) is 11.5 Å². The van der Waals surface area contributed by atoms with Crippen LogP contribution >= 0.6 is 0 Å². The molecule has 0 atom stereocenters. The topological polar surface area (TPSA) is 34.2 Å². The number of ether oxygens (including phenoxy) is 2. The summed E-state index contributed by atoms with van der Waals surface area (Å²) in [5, 5.41) is 0.704. The Morgan fingerprint density at radius 2 is 1.52 bits per heavy atom. The molecular weight excluding hydrogens is 307 g/mol. The summed E-state index contributed by atoms with van der Waals surface area (Å²) in [5.41, 5.74) is 1.21. The molecule has 1 aromatic heterocycles. The number of hydrogen-bond donors (Lipinski definition) is 1. The van der Waals surface area contributed by atoms with Crippen LogP contribution in [0.5, 0.6) is 11.5 Å². The van der Waals surface area contributed by atoms with E-state index < -0.39 is 11.7 Å². The number of hydrogen-bond acceptors (Lipinski definition) is 2. The summed E-state index contributed by atoms with van der Waals surface area (Å²) >= 11 is 0. The van der Waals surface area contributed by atoms with Gasteiger partial charge >= 0.3 is 6.18 Å². The first-order chi connectivity index (χ1) is 10.9. The van der Waals surface area contributed by atoms with Crippen molar-refractivity contribution in [3.8, 4) is 22.8 Å². The van der Waals surface area contributed by atoms with E-state index in [1.807, 2.05) is 0 Å². The highest BCUT2D eigenvalue weighted by atomic mass is 19.4. The molecule has 0 saturated heterocycles. The van der Waals surface area contributed by atoms with E-state index in [0.29, 0.717) is 28.1 Å². The number of nitrogens with one attached hydrogen (secondary N) is 1. The molecule has 3 nitrogen and oxygen atoms in total. The molecule has 0 saturated carbocycles. The van der Waals surface area contributed by atoms with E-state index in [1.165, 1.54) is 6.07 Å². The molecule has 1 heterocycles. The normalized spacial score (nSPS) is 11.7. The number of aromatic amines is 1. The van der Waals surface area contributed by atoms with Crippen LogP contribution in [0.4, 0.5) is 13.2 Å². The maximum absolute atomic E-state index is 12.8. The molecular formula is C17H14F3NO2. The van der Waals surface area contributed by atoms with Crippen LogP contribution in [0.3, 0.4) is 0 Å². The third kappa shape index (κ3) is 2.97. The van der Waals surface area contributed by atoms with E-state index in [2.05, 4.69) is 4.98 Å². The van der Waals surface area contributed by atoms with Gasteiger partial charge in [-0.1, -0.05) is 6.07 Å². The lowest BCUT2D eigenvalue weighted by atomic mass is 10.1. The molecule has 1 N–H and O–H groups in total. The van der Waals surface area contributed by atoms with E-state index in [9.17, 15) is 13.2 Å². The van der Waals surface area contributed by atoms with Crippen LogP contribution in [-0.4, -0.2) is 19.2 Å². The van der Waals surface area contributed by atoms with E-state index in [4.69, 9.17) is 9.47 Å². The van der Waals surface area contributed by atoms with Crippen LogP contribution in [0.15, 0.2) is 42.5 Å². The smallest absolute Gasteiger partial charge is 0.416 e. The largest absolute Gasteiger partial charge is 0.497 e.